The van der Waals surface area contributed by atoms with Gasteiger partial charge in [-0.1, -0.05) is 18.5 Å². The van der Waals surface area contributed by atoms with Crippen molar-refractivity contribution >= 4 is 23.2 Å². The van der Waals surface area contributed by atoms with Gasteiger partial charge in [0.2, 0.25) is 5.91 Å². The smallest absolute Gasteiger partial charge is 0.224 e. The van der Waals surface area contributed by atoms with Gasteiger partial charge in [0.25, 0.3) is 0 Å². The van der Waals surface area contributed by atoms with Crippen molar-refractivity contribution in [2.75, 3.05) is 18.5 Å². The Balaban J connectivity index is 2.58. The van der Waals surface area contributed by atoms with Gasteiger partial charge in [0, 0.05) is 11.4 Å². The summed E-state index contributed by atoms with van der Waals surface area (Å²) < 4.78 is 5.47. The third-order valence-electron chi connectivity index (χ3n) is 3.04. The van der Waals surface area contributed by atoms with Crippen molar-refractivity contribution in [3.8, 4) is 5.75 Å². The molecule has 5 heteroatoms. The van der Waals surface area contributed by atoms with E-state index < -0.39 is 0 Å². The molecule has 1 aromatic rings. The number of carbonyl (C=O) groups excluding carboxylic acids is 1. The molecule has 0 aliphatic rings. The minimum absolute atomic E-state index is 0.0305. The van der Waals surface area contributed by atoms with Gasteiger partial charge in [-0.15, -0.1) is 0 Å². The number of anilines is 1. The molecule has 0 bridgehead atoms. The van der Waals surface area contributed by atoms with Crippen LogP contribution >= 0.6 is 11.6 Å². The summed E-state index contributed by atoms with van der Waals surface area (Å²) in [5.74, 6) is 1.06. The molecular weight excluding hydrogens is 276 g/mol. The Kier molecular flexibility index (Phi) is 7.41. The van der Waals surface area contributed by atoms with Crippen LogP contribution in [0.25, 0.3) is 0 Å². The molecule has 0 saturated heterocycles. The average molecular weight is 299 g/mol. The van der Waals surface area contributed by atoms with Crippen molar-refractivity contribution in [3.63, 3.8) is 0 Å². The number of rotatable bonds is 8. The van der Waals surface area contributed by atoms with Crippen LogP contribution in [0.1, 0.15) is 33.1 Å². The van der Waals surface area contributed by atoms with Gasteiger partial charge in [0.1, 0.15) is 5.75 Å². The van der Waals surface area contributed by atoms with E-state index in [-0.39, 0.29) is 5.91 Å². The van der Waals surface area contributed by atoms with Gasteiger partial charge < -0.3 is 15.8 Å². The van der Waals surface area contributed by atoms with Crippen LogP contribution in [0.2, 0.25) is 5.02 Å². The second-order valence-electron chi connectivity index (χ2n) is 4.84. The highest BCUT2D eigenvalue weighted by Gasteiger charge is 2.10. The van der Waals surface area contributed by atoms with E-state index in [1.165, 1.54) is 0 Å². The van der Waals surface area contributed by atoms with E-state index in [4.69, 9.17) is 22.1 Å². The lowest BCUT2D eigenvalue weighted by molar-refractivity contribution is -0.116. The molecule has 0 radical (unpaired) electrons. The molecule has 0 saturated carbocycles. The minimum Gasteiger partial charge on any atom is -0.492 e. The highest BCUT2D eigenvalue weighted by atomic mass is 35.5. The van der Waals surface area contributed by atoms with Crippen molar-refractivity contribution < 1.29 is 9.53 Å². The summed E-state index contributed by atoms with van der Waals surface area (Å²) in [6.07, 6.45) is 2.24. The van der Waals surface area contributed by atoms with Gasteiger partial charge in [0.15, 0.2) is 0 Å². The highest BCUT2D eigenvalue weighted by molar-refractivity contribution is 6.31. The van der Waals surface area contributed by atoms with E-state index in [0.717, 1.165) is 12.8 Å². The molecule has 20 heavy (non-hydrogen) atoms. The van der Waals surface area contributed by atoms with Crippen LogP contribution in [-0.2, 0) is 4.79 Å². The number of halogens is 1. The Hall–Kier alpha value is -1.26. The maximum absolute atomic E-state index is 11.9. The summed E-state index contributed by atoms with van der Waals surface area (Å²) in [7, 11) is 0. The van der Waals surface area contributed by atoms with E-state index in [9.17, 15) is 4.79 Å². The Morgan fingerprint density at radius 2 is 2.20 bits per heavy atom. The highest BCUT2D eigenvalue weighted by Crippen LogP contribution is 2.28. The number of hydrogen-bond acceptors (Lipinski definition) is 3. The first-order valence-electron chi connectivity index (χ1n) is 6.99. The summed E-state index contributed by atoms with van der Waals surface area (Å²) in [6, 6.07) is 5.21. The van der Waals surface area contributed by atoms with Crippen molar-refractivity contribution in [2.45, 2.75) is 33.1 Å². The first-order valence-corrected chi connectivity index (χ1v) is 7.36. The Morgan fingerprint density at radius 3 is 2.85 bits per heavy atom. The molecule has 1 atom stereocenters. The Bertz CT molecular complexity index is 438. The molecule has 0 heterocycles. The van der Waals surface area contributed by atoms with Gasteiger partial charge in [-0.2, -0.15) is 0 Å². The van der Waals surface area contributed by atoms with Gasteiger partial charge in [-0.25, -0.2) is 0 Å². The van der Waals surface area contributed by atoms with Crippen molar-refractivity contribution in [3.05, 3.63) is 23.2 Å². The number of nitrogens with one attached hydrogen (secondary N) is 1. The molecule has 1 aromatic carbocycles. The third-order valence-corrected chi connectivity index (χ3v) is 3.27. The van der Waals surface area contributed by atoms with Crippen LogP contribution in [0, 0.1) is 5.92 Å². The molecule has 1 rings (SSSR count). The van der Waals surface area contributed by atoms with Crippen molar-refractivity contribution in [1.82, 2.24) is 0 Å². The molecule has 1 unspecified atom stereocenters. The van der Waals surface area contributed by atoms with E-state index >= 15 is 0 Å². The van der Waals surface area contributed by atoms with Crippen LogP contribution in [0.3, 0.4) is 0 Å². The van der Waals surface area contributed by atoms with Gasteiger partial charge in [-0.3, -0.25) is 4.79 Å². The third kappa shape index (κ3) is 5.80. The summed E-state index contributed by atoms with van der Waals surface area (Å²) in [4.78, 5) is 11.9. The molecule has 0 aliphatic heterocycles. The van der Waals surface area contributed by atoms with Crippen molar-refractivity contribution in [1.29, 1.82) is 0 Å². The van der Waals surface area contributed by atoms with E-state index in [2.05, 4.69) is 12.2 Å². The van der Waals surface area contributed by atoms with Crippen LogP contribution in [0.5, 0.6) is 5.75 Å². The lowest BCUT2D eigenvalue weighted by Gasteiger charge is -2.13. The summed E-state index contributed by atoms with van der Waals surface area (Å²) in [6.45, 7) is 5.20. The second-order valence-corrected chi connectivity index (χ2v) is 5.28. The lowest BCUT2D eigenvalue weighted by atomic mass is 10.0. The number of hydrogen-bond donors (Lipinski definition) is 2. The monoisotopic (exact) mass is 298 g/mol. The fraction of sp³-hybridized carbons (Fsp3) is 0.533. The zero-order valence-corrected chi connectivity index (χ0v) is 12.9. The maximum atomic E-state index is 11.9. The minimum atomic E-state index is -0.0305. The van der Waals surface area contributed by atoms with E-state index in [1.807, 2.05) is 6.92 Å². The first kappa shape index (κ1) is 16.8. The first-order chi connectivity index (χ1) is 9.56. The number of benzene rings is 1. The molecular formula is C15H23ClN2O2. The quantitative estimate of drug-likeness (QED) is 0.772. The van der Waals surface area contributed by atoms with Gasteiger partial charge >= 0.3 is 0 Å². The lowest BCUT2D eigenvalue weighted by Crippen LogP contribution is -2.14. The van der Waals surface area contributed by atoms with E-state index in [0.29, 0.717) is 41.9 Å². The zero-order valence-electron chi connectivity index (χ0n) is 12.1. The van der Waals surface area contributed by atoms with Crippen LogP contribution < -0.4 is 15.8 Å². The fourth-order valence-electron chi connectivity index (χ4n) is 1.90. The van der Waals surface area contributed by atoms with Crippen LogP contribution in [-0.4, -0.2) is 19.1 Å². The second kappa shape index (κ2) is 8.82. The number of ether oxygens (including phenoxy) is 1. The number of carbonyl (C=O) groups is 1. The van der Waals surface area contributed by atoms with Crippen LogP contribution in [0.15, 0.2) is 18.2 Å². The predicted octanol–water partition coefficient (Wildman–Crippen LogP) is 3.44. The zero-order chi connectivity index (χ0) is 15.0. The van der Waals surface area contributed by atoms with Crippen molar-refractivity contribution in [2.24, 2.45) is 11.7 Å². The summed E-state index contributed by atoms with van der Waals surface area (Å²) >= 11 is 5.95. The topological polar surface area (TPSA) is 64.3 Å². The fourth-order valence-corrected chi connectivity index (χ4v) is 2.07. The molecule has 0 spiro atoms. The molecule has 0 aromatic heterocycles. The maximum Gasteiger partial charge on any atom is 0.224 e. The SMILES string of the molecule is CCOc1ccc(Cl)cc1NC(=O)CCC(C)CCN. The number of nitrogens with two attached hydrogens (primary N) is 1. The summed E-state index contributed by atoms with van der Waals surface area (Å²) in [5, 5.41) is 3.42. The van der Waals surface area contributed by atoms with Crippen LogP contribution in [0.4, 0.5) is 5.69 Å². The number of amides is 1. The molecule has 112 valence electrons. The summed E-state index contributed by atoms with van der Waals surface area (Å²) in [5.41, 5.74) is 6.12. The molecule has 1 amide bonds. The standard InChI is InChI=1S/C15H23ClN2O2/c1-3-20-14-6-5-12(16)10-13(14)18-15(19)7-4-11(2)8-9-17/h5-6,10-11H,3-4,7-9,17H2,1-2H3,(H,18,19). The van der Waals surface area contributed by atoms with Gasteiger partial charge in [-0.05, 0) is 50.4 Å². The van der Waals surface area contributed by atoms with Gasteiger partial charge in [0.05, 0.1) is 12.3 Å². The molecule has 3 N–H and O–H groups in total. The normalized spacial score (nSPS) is 12.0. The van der Waals surface area contributed by atoms with E-state index in [1.54, 1.807) is 18.2 Å². The predicted molar refractivity (Wildman–Crippen MR) is 83.3 cm³/mol. The Morgan fingerprint density at radius 1 is 1.45 bits per heavy atom. The Labute approximate surface area is 125 Å². The average Bonchev–Trinajstić information content (AvgIpc) is 2.40. The molecule has 4 nitrogen and oxygen atoms in total. The molecule has 0 fully saturated rings. The molecule has 0 aliphatic carbocycles. The largest absolute Gasteiger partial charge is 0.492 e.